The molecule has 0 rings (SSSR count). The number of carbonyl (C=O) groups excluding carboxylic acids is 5. The van der Waals surface area contributed by atoms with Crippen LogP contribution in [0.15, 0.2) is 12.2 Å². The van der Waals surface area contributed by atoms with Crippen LogP contribution >= 0.6 is 0 Å². The topological polar surface area (TPSA) is 101 Å². The van der Waals surface area contributed by atoms with Gasteiger partial charge < -0.3 is 24.1 Å². The van der Waals surface area contributed by atoms with E-state index in [2.05, 4.69) is 4.84 Å². The first-order chi connectivity index (χ1) is 10.9. The highest BCUT2D eigenvalue weighted by atomic mass is 16.7. The lowest BCUT2D eigenvalue weighted by Gasteiger charge is -2.12. The van der Waals surface area contributed by atoms with Crippen molar-refractivity contribution in [3.8, 4) is 0 Å². The van der Waals surface area contributed by atoms with E-state index in [0.29, 0.717) is 32.1 Å². The maximum Gasteiger partial charge on any atom is 0.246 e. The monoisotopic (exact) mass is 330 g/mol. The molecule has 8 heteroatoms. The Labute approximate surface area is 137 Å². The number of hydroxylamine groups is 2. The Balaban J connectivity index is -0.000000303. The zero-order valence-corrected chi connectivity index (χ0v) is 14.1. The summed E-state index contributed by atoms with van der Waals surface area (Å²) in [6, 6.07) is 0. The minimum atomic E-state index is -0.274. The molecule has 0 heterocycles. The van der Waals surface area contributed by atoms with E-state index >= 15 is 0 Å². The van der Waals surface area contributed by atoms with Crippen molar-refractivity contribution >= 4 is 31.1 Å². The maximum absolute atomic E-state index is 11.0. The fourth-order valence-electron chi connectivity index (χ4n) is 0.741. The molecule has 0 saturated carbocycles. The van der Waals surface area contributed by atoms with Gasteiger partial charge in [-0.3, -0.25) is 9.59 Å². The molecule has 0 aliphatic rings. The normalized spacial score (nSPS) is 9.09. The molecule has 0 radical (unpaired) electrons. The summed E-state index contributed by atoms with van der Waals surface area (Å²) in [6.07, 6.45) is 6.07. The molecule has 8 nitrogen and oxygen atoms in total. The van der Waals surface area contributed by atoms with E-state index in [9.17, 15) is 24.0 Å². The second-order valence-corrected chi connectivity index (χ2v) is 4.12. The summed E-state index contributed by atoms with van der Waals surface area (Å²) in [6.45, 7) is 0.380. The second kappa shape index (κ2) is 22.1. The number of hydrogen-bond acceptors (Lipinski definition) is 7. The van der Waals surface area contributed by atoms with Crippen molar-refractivity contribution in [3.05, 3.63) is 12.2 Å². The molecule has 0 atom stereocenters. The van der Waals surface area contributed by atoms with Crippen molar-refractivity contribution in [2.24, 2.45) is 0 Å². The van der Waals surface area contributed by atoms with Gasteiger partial charge in [-0.2, -0.15) is 5.06 Å². The highest BCUT2D eigenvalue weighted by molar-refractivity contribution is 5.90. The molecule has 0 fully saturated rings. The van der Waals surface area contributed by atoms with Gasteiger partial charge in [0.25, 0.3) is 0 Å². The van der Waals surface area contributed by atoms with E-state index in [1.54, 1.807) is 19.2 Å². The predicted molar refractivity (Wildman–Crippen MR) is 85.6 cm³/mol. The average molecular weight is 330 g/mol. The van der Waals surface area contributed by atoms with E-state index in [4.69, 9.17) is 0 Å². The summed E-state index contributed by atoms with van der Waals surface area (Å²) < 4.78 is 0. The Kier molecular flexibility index (Phi) is 24.7. The van der Waals surface area contributed by atoms with Crippen LogP contribution < -0.4 is 0 Å². The third-order valence-electron chi connectivity index (χ3n) is 2.04. The number of allylic oxidation sites excluding steroid dienone is 1. The predicted octanol–water partition coefficient (Wildman–Crippen LogP) is 0.0627. The van der Waals surface area contributed by atoms with Gasteiger partial charge in [0.2, 0.25) is 5.91 Å². The van der Waals surface area contributed by atoms with Gasteiger partial charge in [0.1, 0.15) is 25.1 Å². The minimum Gasteiger partial charge on any atom is -0.342 e. The second-order valence-electron chi connectivity index (χ2n) is 4.12. The van der Waals surface area contributed by atoms with E-state index in [1.165, 1.54) is 4.90 Å². The van der Waals surface area contributed by atoms with Crippen LogP contribution in [0.1, 0.15) is 19.3 Å². The summed E-state index contributed by atoms with van der Waals surface area (Å²) >= 11 is 0. The van der Waals surface area contributed by atoms with Crippen LogP contribution in [0.3, 0.4) is 0 Å². The lowest BCUT2D eigenvalue weighted by molar-refractivity contribution is -0.125. The van der Waals surface area contributed by atoms with Gasteiger partial charge in [-0.25, -0.2) is 0 Å². The summed E-state index contributed by atoms with van der Waals surface area (Å²) in [5, 5.41) is 1.62. The highest BCUT2D eigenvalue weighted by Crippen LogP contribution is 1.87. The molecule has 132 valence electrons. The van der Waals surface area contributed by atoms with E-state index in [0.717, 1.165) is 31.0 Å². The third-order valence-corrected chi connectivity index (χ3v) is 2.04. The molecule has 0 aliphatic heterocycles. The molecule has 0 N–H and O–H groups in total. The van der Waals surface area contributed by atoms with Crippen molar-refractivity contribution in [1.82, 2.24) is 9.96 Å². The maximum atomic E-state index is 11.0. The van der Waals surface area contributed by atoms with Gasteiger partial charge >= 0.3 is 0 Å². The number of hydrogen-bond donors (Lipinski definition) is 0. The van der Waals surface area contributed by atoms with Crippen LogP contribution in [0.5, 0.6) is 0 Å². The lowest BCUT2D eigenvalue weighted by Crippen LogP contribution is -2.26. The molecule has 0 aromatic rings. The van der Waals surface area contributed by atoms with Crippen LogP contribution in [0, 0.1) is 0 Å². The van der Waals surface area contributed by atoms with Crippen molar-refractivity contribution in [2.45, 2.75) is 19.3 Å². The van der Waals surface area contributed by atoms with Crippen molar-refractivity contribution in [1.29, 1.82) is 0 Å². The number of nitrogens with zero attached hydrogens (tertiary/aromatic N) is 2. The molecular formula is C15H26N2O6. The number of unbranched alkanes of at least 4 members (excludes halogenated alkanes) is 1. The van der Waals surface area contributed by atoms with Gasteiger partial charge in [0.15, 0.2) is 0 Å². The van der Waals surface area contributed by atoms with Gasteiger partial charge in [-0.1, -0.05) is 0 Å². The summed E-state index contributed by atoms with van der Waals surface area (Å²) in [7, 11) is 6.86. The molecule has 0 saturated heterocycles. The number of aldehydes is 4. The van der Waals surface area contributed by atoms with Crippen molar-refractivity contribution in [2.75, 3.05) is 34.8 Å². The van der Waals surface area contributed by atoms with Crippen molar-refractivity contribution < 1.29 is 28.8 Å². The summed E-state index contributed by atoms with van der Waals surface area (Å²) in [4.78, 5) is 55.5. The SMILES string of the molecule is CN(CCC=O)C(=O)/C=C\C=O.CON(C)C.O=CCCC=O. The first-order valence-corrected chi connectivity index (χ1v) is 6.80. The van der Waals surface area contributed by atoms with Crippen molar-refractivity contribution in [3.63, 3.8) is 0 Å². The van der Waals surface area contributed by atoms with Crippen LogP contribution in [0.2, 0.25) is 0 Å². The van der Waals surface area contributed by atoms with E-state index in [-0.39, 0.29) is 5.91 Å². The van der Waals surface area contributed by atoms with Gasteiger partial charge in [0.05, 0.1) is 7.11 Å². The zero-order valence-electron chi connectivity index (χ0n) is 14.1. The van der Waals surface area contributed by atoms with Crippen LogP contribution in [0.25, 0.3) is 0 Å². The molecule has 0 bridgehead atoms. The van der Waals surface area contributed by atoms with Gasteiger partial charge in [0, 0.05) is 53.0 Å². The molecule has 0 unspecified atom stereocenters. The van der Waals surface area contributed by atoms with Gasteiger partial charge in [-0.05, 0) is 6.08 Å². The smallest absolute Gasteiger partial charge is 0.246 e. The van der Waals surface area contributed by atoms with Crippen LogP contribution in [-0.4, -0.2) is 75.8 Å². The first kappa shape index (κ1) is 25.7. The fourth-order valence-corrected chi connectivity index (χ4v) is 0.741. The molecule has 0 aliphatic carbocycles. The molecule has 0 aromatic carbocycles. The Morgan fingerprint density at radius 1 is 0.913 bits per heavy atom. The Bertz CT molecular complexity index is 348. The zero-order chi connectivity index (χ0) is 18.5. The Hall–Kier alpha value is -2.19. The largest absolute Gasteiger partial charge is 0.342 e. The summed E-state index contributed by atoms with van der Waals surface area (Å²) in [5.41, 5.74) is 0. The third kappa shape index (κ3) is 28.6. The molecule has 0 spiro atoms. The Morgan fingerprint density at radius 3 is 1.65 bits per heavy atom. The number of carbonyl (C=O) groups is 5. The number of amides is 1. The van der Waals surface area contributed by atoms with E-state index in [1.807, 2.05) is 14.1 Å². The van der Waals surface area contributed by atoms with Gasteiger partial charge in [-0.15, -0.1) is 0 Å². The quantitative estimate of drug-likeness (QED) is 0.255. The molecule has 23 heavy (non-hydrogen) atoms. The van der Waals surface area contributed by atoms with E-state index < -0.39 is 0 Å². The molecule has 0 aromatic heterocycles. The van der Waals surface area contributed by atoms with Crippen LogP contribution in [0.4, 0.5) is 0 Å². The highest BCUT2D eigenvalue weighted by Gasteiger charge is 2.02. The van der Waals surface area contributed by atoms with Crippen LogP contribution in [-0.2, 0) is 28.8 Å². The molecule has 1 amide bonds. The standard InChI is InChI=1S/C8H11NO3.C4H6O2.C3H9NO/c1-9(5-3-7-11)8(12)4-2-6-10;5-3-1-2-4-6;1-4(2)5-3/h2,4,6-7H,3,5H2,1H3;3-4H,1-2H2;1-3H3/b4-2-;;. The Morgan fingerprint density at radius 2 is 1.35 bits per heavy atom. The number of likely N-dealkylation sites (N-methyl/N-ethyl adjacent to an activating group) is 1. The summed E-state index contributed by atoms with van der Waals surface area (Å²) in [5.74, 6) is -0.274. The fraction of sp³-hybridized carbons (Fsp3) is 0.533. The lowest BCUT2D eigenvalue weighted by atomic mass is 10.4. The first-order valence-electron chi connectivity index (χ1n) is 6.80. The minimum absolute atomic E-state index is 0.274. The molecular weight excluding hydrogens is 304 g/mol. The number of rotatable bonds is 9. The average Bonchev–Trinajstić information content (AvgIpc) is 2.56.